The maximum atomic E-state index is 11.8. The van der Waals surface area contributed by atoms with E-state index in [1.54, 1.807) is 12.4 Å². The Balaban J connectivity index is 1.86. The molecule has 0 aliphatic heterocycles. The summed E-state index contributed by atoms with van der Waals surface area (Å²) >= 11 is 0. The van der Waals surface area contributed by atoms with Gasteiger partial charge in [-0.3, -0.25) is 9.78 Å². The Hall–Kier alpha value is -1.22. The van der Waals surface area contributed by atoms with Crippen LogP contribution in [0.5, 0.6) is 0 Å². The Morgan fingerprint density at radius 2 is 2.40 bits per heavy atom. The maximum Gasteiger partial charge on any atom is 0.165 e. The molecule has 0 radical (unpaired) electrons. The number of nitrogens with zero attached hydrogens (tertiary/aromatic N) is 1. The maximum absolute atomic E-state index is 11.8. The summed E-state index contributed by atoms with van der Waals surface area (Å²) in [6.07, 6.45) is 6.48. The van der Waals surface area contributed by atoms with Gasteiger partial charge in [-0.15, -0.1) is 0 Å². The second kappa shape index (κ2) is 4.53. The highest BCUT2D eigenvalue weighted by Gasteiger charge is 2.20. The van der Waals surface area contributed by atoms with Crippen molar-refractivity contribution >= 4 is 5.78 Å². The number of carbonyl (C=O) groups excluding carboxylic acids is 1. The average molecular weight is 204 g/mol. The molecule has 0 saturated heterocycles. The largest absolute Gasteiger partial charge is 0.314 e. The molecule has 1 N–H and O–H groups in total. The van der Waals surface area contributed by atoms with Crippen molar-refractivity contribution in [3.8, 4) is 0 Å². The lowest BCUT2D eigenvalue weighted by Gasteiger charge is -2.04. The highest BCUT2D eigenvalue weighted by molar-refractivity contribution is 5.97. The van der Waals surface area contributed by atoms with Crippen molar-refractivity contribution in [2.75, 3.05) is 6.54 Å². The van der Waals surface area contributed by atoms with Gasteiger partial charge in [0.15, 0.2) is 5.78 Å². The van der Waals surface area contributed by atoms with Gasteiger partial charge in [0.05, 0.1) is 0 Å². The number of aryl methyl sites for hydroxylation is 1. The van der Waals surface area contributed by atoms with Crippen molar-refractivity contribution in [2.24, 2.45) is 0 Å². The zero-order chi connectivity index (χ0) is 10.7. The minimum absolute atomic E-state index is 0.189. The van der Waals surface area contributed by atoms with E-state index in [9.17, 15) is 4.79 Å². The fourth-order valence-corrected chi connectivity index (χ4v) is 1.57. The van der Waals surface area contributed by atoms with Crippen LogP contribution in [0.4, 0.5) is 0 Å². The molecular formula is C12H16N2O. The first kappa shape index (κ1) is 10.3. The molecule has 3 nitrogen and oxygen atoms in total. The van der Waals surface area contributed by atoms with Gasteiger partial charge in [0.1, 0.15) is 0 Å². The van der Waals surface area contributed by atoms with Crippen molar-refractivity contribution in [3.63, 3.8) is 0 Å². The molecule has 2 rings (SSSR count). The van der Waals surface area contributed by atoms with E-state index in [1.807, 2.05) is 13.0 Å². The van der Waals surface area contributed by atoms with Crippen LogP contribution in [0.1, 0.15) is 35.2 Å². The topological polar surface area (TPSA) is 42.0 Å². The second-order valence-corrected chi connectivity index (χ2v) is 4.09. The summed E-state index contributed by atoms with van der Waals surface area (Å²) in [7, 11) is 0. The van der Waals surface area contributed by atoms with Gasteiger partial charge < -0.3 is 5.32 Å². The molecule has 3 heteroatoms. The minimum Gasteiger partial charge on any atom is -0.314 e. The summed E-state index contributed by atoms with van der Waals surface area (Å²) in [5.74, 6) is 0.189. The molecule has 80 valence electrons. The molecule has 0 aromatic carbocycles. The van der Waals surface area contributed by atoms with E-state index < -0.39 is 0 Å². The van der Waals surface area contributed by atoms with Crippen LogP contribution in [0.15, 0.2) is 18.5 Å². The van der Waals surface area contributed by atoms with Crippen LogP contribution in [-0.4, -0.2) is 23.4 Å². The fraction of sp³-hybridized carbons (Fsp3) is 0.500. The predicted octanol–water partition coefficient (Wildman–Crippen LogP) is 1.71. The second-order valence-electron chi connectivity index (χ2n) is 4.09. The molecule has 1 heterocycles. The number of ketones is 1. The molecule has 1 aliphatic rings. The number of carbonyl (C=O) groups is 1. The van der Waals surface area contributed by atoms with Crippen LogP contribution in [0.3, 0.4) is 0 Å². The summed E-state index contributed by atoms with van der Waals surface area (Å²) in [4.78, 5) is 15.8. The molecule has 0 amide bonds. The molecule has 15 heavy (non-hydrogen) atoms. The molecule has 0 spiro atoms. The molecule has 0 bridgehead atoms. The third-order valence-electron chi connectivity index (χ3n) is 2.70. The highest BCUT2D eigenvalue weighted by Crippen LogP contribution is 2.18. The van der Waals surface area contributed by atoms with Crippen LogP contribution in [0.25, 0.3) is 0 Å². The van der Waals surface area contributed by atoms with Crippen molar-refractivity contribution in [1.29, 1.82) is 0 Å². The monoisotopic (exact) mass is 204 g/mol. The molecule has 1 aromatic rings. The SMILES string of the molecule is Cc1ccncc1C(=O)CCNC1CC1. The van der Waals surface area contributed by atoms with E-state index in [4.69, 9.17) is 0 Å². The van der Waals surface area contributed by atoms with Gasteiger partial charge in [-0.2, -0.15) is 0 Å². The van der Waals surface area contributed by atoms with Crippen molar-refractivity contribution < 1.29 is 4.79 Å². The van der Waals surface area contributed by atoms with Crippen molar-refractivity contribution in [3.05, 3.63) is 29.6 Å². The first-order valence-corrected chi connectivity index (χ1v) is 5.44. The smallest absolute Gasteiger partial charge is 0.165 e. The Morgan fingerprint density at radius 3 is 3.07 bits per heavy atom. The predicted molar refractivity (Wildman–Crippen MR) is 58.9 cm³/mol. The van der Waals surface area contributed by atoms with Gasteiger partial charge in [-0.25, -0.2) is 0 Å². The lowest BCUT2D eigenvalue weighted by molar-refractivity contribution is 0.0981. The Kier molecular flexibility index (Phi) is 3.11. The molecule has 0 unspecified atom stereocenters. The number of aromatic nitrogens is 1. The lowest BCUT2D eigenvalue weighted by Crippen LogP contribution is -2.20. The molecule has 1 aliphatic carbocycles. The Bertz CT molecular complexity index is 358. The van der Waals surface area contributed by atoms with Crippen LogP contribution in [-0.2, 0) is 0 Å². The Morgan fingerprint density at radius 1 is 1.60 bits per heavy atom. The van der Waals surface area contributed by atoms with Crippen LogP contribution in [0, 0.1) is 6.92 Å². The summed E-state index contributed by atoms with van der Waals surface area (Å²) in [5.41, 5.74) is 1.77. The average Bonchev–Trinajstić information content (AvgIpc) is 3.02. The highest BCUT2D eigenvalue weighted by atomic mass is 16.1. The lowest BCUT2D eigenvalue weighted by atomic mass is 10.1. The molecule has 0 atom stereocenters. The fourth-order valence-electron chi connectivity index (χ4n) is 1.57. The number of pyridine rings is 1. The summed E-state index contributed by atoms with van der Waals surface area (Å²) in [6.45, 7) is 2.74. The minimum atomic E-state index is 0.189. The zero-order valence-electron chi connectivity index (χ0n) is 8.99. The van der Waals surface area contributed by atoms with Crippen LogP contribution >= 0.6 is 0 Å². The molecule has 1 fully saturated rings. The van der Waals surface area contributed by atoms with E-state index in [0.29, 0.717) is 12.5 Å². The molecule has 1 saturated carbocycles. The summed E-state index contributed by atoms with van der Waals surface area (Å²) in [6, 6.07) is 2.55. The van der Waals surface area contributed by atoms with Gasteiger partial charge >= 0.3 is 0 Å². The Labute approximate surface area is 89.9 Å². The normalized spacial score (nSPS) is 15.3. The standard InChI is InChI=1S/C12H16N2O/c1-9-4-6-13-8-11(9)12(15)5-7-14-10-2-3-10/h4,6,8,10,14H,2-3,5,7H2,1H3. The van der Waals surface area contributed by atoms with E-state index >= 15 is 0 Å². The molecular weight excluding hydrogens is 188 g/mol. The van der Waals surface area contributed by atoms with Gasteiger partial charge in [0.2, 0.25) is 0 Å². The number of hydrogen-bond acceptors (Lipinski definition) is 3. The zero-order valence-corrected chi connectivity index (χ0v) is 8.99. The number of hydrogen-bond donors (Lipinski definition) is 1. The van der Waals surface area contributed by atoms with E-state index in [2.05, 4.69) is 10.3 Å². The summed E-state index contributed by atoms with van der Waals surface area (Å²) < 4.78 is 0. The van der Waals surface area contributed by atoms with Crippen molar-refractivity contribution in [1.82, 2.24) is 10.3 Å². The number of rotatable bonds is 5. The van der Waals surface area contributed by atoms with Crippen molar-refractivity contribution in [2.45, 2.75) is 32.2 Å². The number of nitrogens with one attached hydrogen (secondary N) is 1. The number of Topliss-reactive ketones (excluding diaryl/α,β-unsaturated/α-hetero) is 1. The van der Waals surface area contributed by atoms with E-state index in [0.717, 1.165) is 17.7 Å². The van der Waals surface area contributed by atoms with Crippen LogP contribution in [0.2, 0.25) is 0 Å². The first-order chi connectivity index (χ1) is 7.27. The van der Waals surface area contributed by atoms with Gasteiger partial charge in [0.25, 0.3) is 0 Å². The summed E-state index contributed by atoms with van der Waals surface area (Å²) in [5, 5.41) is 3.34. The van der Waals surface area contributed by atoms with Crippen LogP contribution < -0.4 is 5.32 Å². The van der Waals surface area contributed by atoms with Gasteiger partial charge in [-0.1, -0.05) is 0 Å². The third-order valence-corrected chi connectivity index (χ3v) is 2.70. The van der Waals surface area contributed by atoms with Gasteiger partial charge in [0, 0.05) is 37.0 Å². The quantitative estimate of drug-likeness (QED) is 0.742. The van der Waals surface area contributed by atoms with E-state index in [-0.39, 0.29) is 5.78 Å². The first-order valence-electron chi connectivity index (χ1n) is 5.44. The van der Waals surface area contributed by atoms with Gasteiger partial charge in [-0.05, 0) is 31.4 Å². The third kappa shape index (κ3) is 2.86. The van der Waals surface area contributed by atoms with E-state index in [1.165, 1.54) is 12.8 Å². The molecule has 1 aromatic heterocycles.